The van der Waals surface area contributed by atoms with Crippen LogP contribution in [0.25, 0.3) is 0 Å². The van der Waals surface area contributed by atoms with Crippen molar-refractivity contribution in [3.63, 3.8) is 0 Å². The van der Waals surface area contributed by atoms with Crippen LogP contribution in [0.5, 0.6) is 0 Å². The average molecular weight is 353 g/mol. The molecule has 2 heterocycles. The Hall–Kier alpha value is -0.160. The number of ether oxygens (including phenoxy) is 4. The second-order valence-electron chi connectivity index (χ2n) is 9.20. The molecule has 0 radical (unpaired) electrons. The van der Waals surface area contributed by atoms with Gasteiger partial charge in [0, 0.05) is 13.2 Å². The van der Waals surface area contributed by atoms with Gasteiger partial charge in [0.2, 0.25) is 0 Å². The zero-order chi connectivity index (χ0) is 17.3. The van der Waals surface area contributed by atoms with E-state index in [1.807, 2.05) is 0 Å². The van der Waals surface area contributed by atoms with Gasteiger partial charge in [0.15, 0.2) is 0 Å². The Morgan fingerprint density at radius 2 is 1.48 bits per heavy atom. The molecule has 25 heavy (non-hydrogen) atoms. The molecule has 4 heteroatoms. The van der Waals surface area contributed by atoms with Gasteiger partial charge in [-0.3, -0.25) is 0 Å². The molecule has 0 amide bonds. The van der Waals surface area contributed by atoms with Gasteiger partial charge in [-0.1, -0.05) is 6.92 Å². The van der Waals surface area contributed by atoms with Crippen LogP contribution >= 0.6 is 0 Å². The van der Waals surface area contributed by atoms with E-state index in [2.05, 4.69) is 13.8 Å². The van der Waals surface area contributed by atoms with Crippen LogP contribution in [-0.4, -0.2) is 51.8 Å². The molecule has 2 saturated heterocycles. The zero-order valence-electron chi connectivity index (χ0n) is 16.1. The maximum Gasteiger partial charge on any atom is 0.0708 e. The summed E-state index contributed by atoms with van der Waals surface area (Å²) in [4.78, 5) is 0. The SMILES string of the molecule is CC12CCC3C(CCC4COCCOCCC43C)C1CCOCCO2. The third-order valence-corrected chi connectivity index (χ3v) is 8.11. The molecule has 6 unspecified atom stereocenters. The van der Waals surface area contributed by atoms with Gasteiger partial charge < -0.3 is 18.9 Å². The van der Waals surface area contributed by atoms with Crippen molar-refractivity contribution in [2.75, 3.05) is 46.2 Å². The predicted octanol–water partition coefficient (Wildman–Crippen LogP) is 3.68. The van der Waals surface area contributed by atoms with Crippen molar-refractivity contribution >= 4 is 0 Å². The molecule has 144 valence electrons. The lowest BCUT2D eigenvalue weighted by atomic mass is 9.48. The van der Waals surface area contributed by atoms with Gasteiger partial charge in [-0.05, 0) is 74.5 Å². The number of fused-ring (bicyclic) bond motifs is 5. The van der Waals surface area contributed by atoms with Crippen molar-refractivity contribution in [3.8, 4) is 0 Å². The summed E-state index contributed by atoms with van der Waals surface area (Å²) >= 11 is 0. The van der Waals surface area contributed by atoms with Gasteiger partial charge in [0.25, 0.3) is 0 Å². The molecule has 2 aliphatic carbocycles. The predicted molar refractivity (Wildman–Crippen MR) is 96.6 cm³/mol. The lowest BCUT2D eigenvalue weighted by Gasteiger charge is -2.59. The third-order valence-electron chi connectivity index (χ3n) is 8.11. The Labute approximate surface area is 152 Å². The van der Waals surface area contributed by atoms with Gasteiger partial charge in [-0.25, -0.2) is 0 Å². The summed E-state index contributed by atoms with van der Waals surface area (Å²) in [6, 6.07) is 0. The summed E-state index contributed by atoms with van der Waals surface area (Å²) in [5, 5.41) is 0. The zero-order valence-corrected chi connectivity index (χ0v) is 16.1. The Morgan fingerprint density at radius 1 is 0.680 bits per heavy atom. The van der Waals surface area contributed by atoms with E-state index in [0.29, 0.717) is 17.3 Å². The molecule has 0 bridgehead atoms. The van der Waals surface area contributed by atoms with Gasteiger partial charge >= 0.3 is 0 Å². The van der Waals surface area contributed by atoms with Gasteiger partial charge in [-0.2, -0.15) is 0 Å². The van der Waals surface area contributed by atoms with Crippen molar-refractivity contribution in [1.82, 2.24) is 0 Å². The molecule has 4 aliphatic rings. The maximum atomic E-state index is 6.38. The fourth-order valence-electron chi connectivity index (χ4n) is 6.57. The van der Waals surface area contributed by atoms with Crippen LogP contribution < -0.4 is 0 Å². The number of rotatable bonds is 0. The first kappa shape index (κ1) is 18.2. The Morgan fingerprint density at radius 3 is 2.40 bits per heavy atom. The van der Waals surface area contributed by atoms with E-state index in [-0.39, 0.29) is 5.60 Å². The summed E-state index contributed by atoms with van der Waals surface area (Å²) in [7, 11) is 0. The first-order valence-corrected chi connectivity index (χ1v) is 10.5. The van der Waals surface area contributed by atoms with Crippen LogP contribution in [0.2, 0.25) is 0 Å². The first-order chi connectivity index (χ1) is 12.1. The Kier molecular flexibility index (Phi) is 5.43. The highest BCUT2D eigenvalue weighted by Crippen LogP contribution is 2.60. The molecule has 0 aromatic rings. The van der Waals surface area contributed by atoms with E-state index < -0.39 is 0 Å². The van der Waals surface area contributed by atoms with Crippen molar-refractivity contribution in [2.24, 2.45) is 29.1 Å². The minimum Gasteiger partial charge on any atom is -0.379 e. The molecule has 4 fully saturated rings. The molecular formula is C21H36O4. The number of hydrogen-bond acceptors (Lipinski definition) is 4. The van der Waals surface area contributed by atoms with Crippen molar-refractivity contribution in [2.45, 2.75) is 58.0 Å². The highest BCUT2D eigenvalue weighted by molar-refractivity contribution is 5.05. The lowest BCUT2D eigenvalue weighted by Crippen LogP contribution is -2.57. The largest absolute Gasteiger partial charge is 0.379 e. The van der Waals surface area contributed by atoms with E-state index in [9.17, 15) is 0 Å². The average Bonchev–Trinajstić information content (AvgIpc) is 2.67. The minimum absolute atomic E-state index is 0.0552. The van der Waals surface area contributed by atoms with Gasteiger partial charge in [-0.15, -0.1) is 0 Å². The van der Waals surface area contributed by atoms with Crippen LogP contribution in [-0.2, 0) is 18.9 Å². The normalized spacial score (nSPS) is 49.2. The van der Waals surface area contributed by atoms with Crippen LogP contribution in [0.15, 0.2) is 0 Å². The van der Waals surface area contributed by atoms with Crippen LogP contribution in [0.1, 0.15) is 52.4 Å². The fourth-order valence-corrected chi connectivity index (χ4v) is 6.57. The van der Waals surface area contributed by atoms with Crippen LogP contribution in [0, 0.1) is 29.1 Å². The molecule has 2 aliphatic heterocycles. The molecule has 2 saturated carbocycles. The summed E-state index contributed by atoms with van der Waals surface area (Å²) in [5.41, 5.74) is 0.400. The van der Waals surface area contributed by atoms with E-state index in [1.165, 1.54) is 32.1 Å². The smallest absolute Gasteiger partial charge is 0.0708 e. The van der Waals surface area contributed by atoms with Crippen LogP contribution in [0.3, 0.4) is 0 Å². The Balaban J connectivity index is 1.59. The van der Waals surface area contributed by atoms with Crippen molar-refractivity contribution in [3.05, 3.63) is 0 Å². The monoisotopic (exact) mass is 352 g/mol. The molecule has 0 aromatic carbocycles. The van der Waals surface area contributed by atoms with E-state index in [1.54, 1.807) is 0 Å². The fraction of sp³-hybridized carbons (Fsp3) is 1.00. The standard InChI is InChI=1S/C21H36O4/c1-20-8-10-23-11-12-24-15-16(20)3-4-17-18(20)5-7-21(2)19(17)6-9-22-13-14-25-21/h16-19H,3-15H2,1-2H3. The summed E-state index contributed by atoms with van der Waals surface area (Å²) in [6.45, 7) is 10.6. The van der Waals surface area contributed by atoms with Crippen molar-refractivity contribution < 1.29 is 18.9 Å². The highest BCUT2D eigenvalue weighted by atomic mass is 16.5. The van der Waals surface area contributed by atoms with Gasteiger partial charge in [0.05, 0.1) is 38.6 Å². The molecule has 6 atom stereocenters. The van der Waals surface area contributed by atoms with E-state index >= 15 is 0 Å². The Bertz CT molecular complexity index is 455. The molecule has 0 N–H and O–H groups in total. The number of hydrogen-bond donors (Lipinski definition) is 0. The maximum absolute atomic E-state index is 6.38. The van der Waals surface area contributed by atoms with E-state index in [0.717, 1.165) is 64.5 Å². The van der Waals surface area contributed by atoms with Crippen molar-refractivity contribution in [1.29, 1.82) is 0 Å². The molecule has 4 rings (SSSR count). The minimum atomic E-state index is 0.0552. The third kappa shape index (κ3) is 3.40. The van der Waals surface area contributed by atoms with Crippen LogP contribution in [0.4, 0.5) is 0 Å². The quantitative estimate of drug-likeness (QED) is 0.666. The summed E-state index contributed by atoms with van der Waals surface area (Å²) in [5.74, 6) is 2.87. The second kappa shape index (κ2) is 7.46. The summed E-state index contributed by atoms with van der Waals surface area (Å²) < 4.78 is 24.0. The topological polar surface area (TPSA) is 36.9 Å². The molecule has 0 spiro atoms. The lowest BCUT2D eigenvalue weighted by molar-refractivity contribution is -0.191. The first-order valence-electron chi connectivity index (χ1n) is 10.5. The second-order valence-corrected chi connectivity index (χ2v) is 9.20. The molecule has 0 aromatic heterocycles. The van der Waals surface area contributed by atoms with Gasteiger partial charge in [0.1, 0.15) is 0 Å². The van der Waals surface area contributed by atoms with E-state index in [4.69, 9.17) is 18.9 Å². The molecular weight excluding hydrogens is 316 g/mol. The highest BCUT2D eigenvalue weighted by Gasteiger charge is 2.56. The summed E-state index contributed by atoms with van der Waals surface area (Å²) in [6.07, 6.45) is 7.46. The molecule has 4 nitrogen and oxygen atoms in total.